The van der Waals surface area contributed by atoms with Gasteiger partial charge in [-0.3, -0.25) is 9.36 Å². The number of sulfonamides is 1. The van der Waals surface area contributed by atoms with Gasteiger partial charge in [-0.05, 0) is 54.8 Å². The van der Waals surface area contributed by atoms with Crippen LogP contribution in [0.1, 0.15) is 28.4 Å². The summed E-state index contributed by atoms with van der Waals surface area (Å²) in [6, 6.07) is 19.1. The van der Waals surface area contributed by atoms with E-state index in [2.05, 4.69) is 4.72 Å². The van der Waals surface area contributed by atoms with Gasteiger partial charge in [-0.2, -0.15) is 0 Å². The van der Waals surface area contributed by atoms with Crippen molar-refractivity contribution < 1.29 is 17.6 Å². The predicted molar refractivity (Wildman–Crippen MR) is 128 cm³/mol. The molecule has 1 N–H and O–H groups in total. The molecule has 0 bridgehead atoms. The average Bonchev–Trinajstić information content (AvgIpc) is 3.31. The summed E-state index contributed by atoms with van der Waals surface area (Å²) in [5.41, 5.74) is 3.90. The summed E-state index contributed by atoms with van der Waals surface area (Å²) in [6.45, 7) is 2.05. The monoisotopic (exact) mass is 477 g/mol. The van der Waals surface area contributed by atoms with Crippen LogP contribution in [0.15, 0.2) is 80.8 Å². The van der Waals surface area contributed by atoms with Gasteiger partial charge >= 0.3 is 5.76 Å². The van der Waals surface area contributed by atoms with Crippen molar-refractivity contribution in [3.05, 3.63) is 94.0 Å². The zero-order chi connectivity index (χ0) is 24.0. The Hall–Kier alpha value is -3.69. The molecule has 1 amide bonds. The van der Waals surface area contributed by atoms with Crippen LogP contribution in [0.5, 0.6) is 0 Å². The number of hydrogen-bond acceptors (Lipinski definition) is 5. The third kappa shape index (κ3) is 3.82. The fourth-order valence-corrected chi connectivity index (χ4v) is 5.37. The quantitative estimate of drug-likeness (QED) is 0.476. The van der Waals surface area contributed by atoms with E-state index < -0.39 is 15.8 Å². The van der Waals surface area contributed by atoms with E-state index in [0.29, 0.717) is 11.1 Å². The van der Waals surface area contributed by atoms with Crippen molar-refractivity contribution in [2.75, 3.05) is 4.90 Å². The molecular formula is C25H23N3O5S. The topological polar surface area (TPSA) is 102 Å². The van der Waals surface area contributed by atoms with Crippen LogP contribution in [0.4, 0.5) is 5.69 Å². The molecule has 3 aromatic carbocycles. The molecule has 0 aliphatic carbocycles. The van der Waals surface area contributed by atoms with Crippen LogP contribution >= 0.6 is 0 Å². The summed E-state index contributed by atoms with van der Waals surface area (Å²) >= 11 is 0. The Morgan fingerprint density at radius 3 is 2.62 bits per heavy atom. The number of carbonyl (C=O) groups excluding carboxylic acids is 1. The standard InChI is InChI=1S/C25H23N3O5S/c1-16-12-19-9-8-17(13-22(19)28(16)24(29)18-6-4-3-5-7-18)15-26-34(31,32)20-10-11-21-23(14-20)33-25(30)27(21)2/h3-11,13-14,16,26H,12,15H2,1-2H3/t16-/m1/s1. The number of nitrogens with zero attached hydrogens (tertiary/aromatic N) is 2. The molecule has 1 aliphatic heterocycles. The maximum atomic E-state index is 13.1. The average molecular weight is 478 g/mol. The molecule has 1 atom stereocenters. The first kappa shape index (κ1) is 22.1. The maximum Gasteiger partial charge on any atom is 0.419 e. The number of oxazole rings is 1. The molecule has 8 nitrogen and oxygen atoms in total. The van der Waals surface area contributed by atoms with Crippen molar-refractivity contribution in [1.29, 1.82) is 0 Å². The van der Waals surface area contributed by atoms with Crippen LogP contribution in [0.3, 0.4) is 0 Å². The van der Waals surface area contributed by atoms with Crippen LogP contribution in [-0.4, -0.2) is 24.9 Å². The number of hydrogen-bond donors (Lipinski definition) is 1. The number of amides is 1. The zero-order valence-corrected chi connectivity index (χ0v) is 19.5. The minimum atomic E-state index is -3.85. The Morgan fingerprint density at radius 2 is 1.85 bits per heavy atom. The highest BCUT2D eigenvalue weighted by atomic mass is 32.2. The molecule has 0 spiro atoms. The molecule has 4 aromatic rings. The molecule has 1 aromatic heterocycles. The Kier molecular flexibility index (Phi) is 5.38. The smallest absolute Gasteiger partial charge is 0.408 e. The highest BCUT2D eigenvalue weighted by Crippen LogP contribution is 2.34. The molecular weight excluding hydrogens is 454 g/mol. The maximum absolute atomic E-state index is 13.1. The van der Waals surface area contributed by atoms with Crippen molar-refractivity contribution in [1.82, 2.24) is 9.29 Å². The second-order valence-corrected chi connectivity index (χ2v) is 10.2. The minimum Gasteiger partial charge on any atom is -0.408 e. The number of benzene rings is 3. The second kappa shape index (κ2) is 8.27. The van der Waals surface area contributed by atoms with E-state index in [-0.39, 0.29) is 29.0 Å². The largest absolute Gasteiger partial charge is 0.419 e. The number of carbonyl (C=O) groups is 1. The van der Waals surface area contributed by atoms with Gasteiger partial charge in [-0.15, -0.1) is 0 Å². The summed E-state index contributed by atoms with van der Waals surface area (Å²) in [6.07, 6.45) is 0.738. The predicted octanol–water partition coefficient (Wildman–Crippen LogP) is 3.20. The molecule has 0 radical (unpaired) electrons. The molecule has 34 heavy (non-hydrogen) atoms. The van der Waals surface area contributed by atoms with E-state index in [9.17, 15) is 18.0 Å². The van der Waals surface area contributed by atoms with Crippen molar-refractivity contribution in [2.24, 2.45) is 7.05 Å². The van der Waals surface area contributed by atoms with Gasteiger partial charge in [0.1, 0.15) is 0 Å². The van der Waals surface area contributed by atoms with Crippen LogP contribution in [0, 0.1) is 0 Å². The number of anilines is 1. The second-order valence-electron chi connectivity index (χ2n) is 8.44. The highest BCUT2D eigenvalue weighted by Gasteiger charge is 2.31. The van der Waals surface area contributed by atoms with E-state index in [0.717, 1.165) is 23.2 Å². The molecule has 5 rings (SSSR count). The Bertz CT molecular complexity index is 1570. The molecule has 0 fully saturated rings. The lowest BCUT2D eigenvalue weighted by Crippen LogP contribution is -2.35. The SMILES string of the molecule is C[C@@H]1Cc2ccc(CNS(=O)(=O)c3ccc4c(c3)oc(=O)n4C)cc2N1C(=O)c1ccccc1. The molecule has 174 valence electrons. The van der Waals surface area contributed by atoms with Gasteiger partial charge in [0.05, 0.1) is 10.4 Å². The van der Waals surface area contributed by atoms with E-state index in [1.165, 1.54) is 16.7 Å². The Labute approximate surface area is 196 Å². The third-order valence-electron chi connectivity index (χ3n) is 6.15. The lowest BCUT2D eigenvalue weighted by atomic mass is 10.1. The van der Waals surface area contributed by atoms with Crippen molar-refractivity contribution in [3.63, 3.8) is 0 Å². The first-order valence-corrected chi connectivity index (χ1v) is 12.3. The Morgan fingerprint density at radius 1 is 1.09 bits per heavy atom. The molecule has 0 unspecified atom stereocenters. The lowest BCUT2D eigenvalue weighted by molar-refractivity contribution is 0.0981. The third-order valence-corrected chi connectivity index (χ3v) is 7.54. The number of aryl methyl sites for hydroxylation is 1. The number of rotatable bonds is 5. The summed E-state index contributed by atoms with van der Waals surface area (Å²) < 4.78 is 34.8. The van der Waals surface area contributed by atoms with Gasteiger partial charge in [0.2, 0.25) is 10.0 Å². The summed E-state index contributed by atoms with van der Waals surface area (Å²) in [4.78, 5) is 26.6. The van der Waals surface area contributed by atoms with Gasteiger partial charge < -0.3 is 9.32 Å². The Balaban J connectivity index is 1.38. The first-order chi connectivity index (χ1) is 16.2. The highest BCUT2D eigenvalue weighted by molar-refractivity contribution is 7.89. The van der Waals surface area contributed by atoms with Crippen LogP contribution in [0.2, 0.25) is 0 Å². The lowest BCUT2D eigenvalue weighted by Gasteiger charge is -2.23. The van der Waals surface area contributed by atoms with Crippen molar-refractivity contribution >= 4 is 32.7 Å². The molecule has 1 aliphatic rings. The fourth-order valence-electron chi connectivity index (χ4n) is 4.34. The van der Waals surface area contributed by atoms with Crippen molar-refractivity contribution in [2.45, 2.75) is 30.8 Å². The molecule has 2 heterocycles. The number of fused-ring (bicyclic) bond motifs is 2. The van der Waals surface area contributed by atoms with Gasteiger partial charge in [0.15, 0.2) is 5.58 Å². The van der Waals surface area contributed by atoms with Crippen LogP contribution < -0.4 is 15.4 Å². The zero-order valence-electron chi connectivity index (χ0n) is 18.7. The van der Waals surface area contributed by atoms with Crippen LogP contribution in [0.25, 0.3) is 11.1 Å². The minimum absolute atomic E-state index is 0.00176. The van der Waals surface area contributed by atoms with Crippen LogP contribution in [-0.2, 0) is 30.0 Å². The summed E-state index contributed by atoms with van der Waals surface area (Å²) in [5.74, 6) is -0.637. The normalized spacial score (nSPS) is 15.6. The van der Waals surface area contributed by atoms with E-state index in [1.807, 2.05) is 43.3 Å². The van der Waals surface area contributed by atoms with Gasteiger partial charge in [-0.25, -0.2) is 17.9 Å². The van der Waals surface area contributed by atoms with Gasteiger partial charge in [0, 0.05) is 37.0 Å². The molecule has 0 saturated carbocycles. The van der Waals surface area contributed by atoms with E-state index >= 15 is 0 Å². The first-order valence-electron chi connectivity index (χ1n) is 10.8. The van der Waals surface area contributed by atoms with E-state index in [1.54, 1.807) is 30.1 Å². The van der Waals surface area contributed by atoms with Gasteiger partial charge in [0.25, 0.3) is 5.91 Å². The molecule has 9 heteroatoms. The van der Waals surface area contributed by atoms with E-state index in [4.69, 9.17) is 4.42 Å². The summed E-state index contributed by atoms with van der Waals surface area (Å²) in [5, 5.41) is 0. The molecule has 0 saturated heterocycles. The van der Waals surface area contributed by atoms with Crippen molar-refractivity contribution in [3.8, 4) is 0 Å². The number of aromatic nitrogens is 1. The fraction of sp³-hybridized carbons (Fsp3) is 0.200. The van der Waals surface area contributed by atoms with Gasteiger partial charge in [-0.1, -0.05) is 30.3 Å². The number of nitrogens with one attached hydrogen (secondary N) is 1. The summed E-state index contributed by atoms with van der Waals surface area (Å²) in [7, 11) is -2.30.